The molecule has 29 heavy (non-hydrogen) atoms. The molecule has 1 saturated heterocycles. The van der Waals surface area contributed by atoms with Gasteiger partial charge in [-0.2, -0.15) is 11.8 Å². The van der Waals surface area contributed by atoms with Crippen molar-refractivity contribution in [3.05, 3.63) is 29.3 Å². The van der Waals surface area contributed by atoms with E-state index in [1.54, 1.807) is 10.7 Å². The number of rotatable bonds is 6. The van der Waals surface area contributed by atoms with E-state index in [2.05, 4.69) is 20.8 Å². The molecular weight excluding hydrogens is 408 g/mol. The lowest BCUT2D eigenvalue weighted by molar-refractivity contribution is -0.115. The summed E-state index contributed by atoms with van der Waals surface area (Å²) in [5, 5.41) is 15.1. The van der Waals surface area contributed by atoms with E-state index in [-0.39, 0.29) is 17.1 Å². The van der Waals surface area contributed by atoms with Gasteiger partial charge in [-0.1, -0.05) is 11.8 Å². The molecule has 2 heterocycles. The highest BCUT2D eigenvalue weighted by Gasteiger charge is 2.29. The first-order valence-corrected chi connectivity index (χ1v) is 11.8. The molecule has 1 N–H and O–H groups in total. The number of thioether (sulfide) groups is 2. The molecule has 4 rings (SSSR count). The molecule has 0 radical (unpaired) electrons. The van der Waals surface area contributed by atoms with E-state index in [0.717, 1.165) is 48.7 Å². The molecule has 1 aromatic carbocycles. The number of hydrogen-bond donors (Lipinski definition) is 1. The summed E-state index contributed by atoms with van der Waals surface area (Å²) in [5.74, 6) is 1.91. The lowest BCUT2D eigenvalue weighted by atomic mass is 10.1. The fraction of sp³-hybridized carbons (Fsp3) is 0.526. The molecule has 8 nitrogen and oxygen atoms in total. The molecule has 154 valence electrons. The van der Waals surface area contributed by atoms with Crippen molar-refractivity contribution >= 4 is 41.0 Å². The van der Waals surface area contributed by atoms with Crippen molar-refractivity contribution in [2.75, 3.05) is 29.9 Å². The summed E-state index contributed by atoms with van der Waals surface area (Å²) in [6.07, 6.45) is 2.17. The van der Waals surface area contributed by atoms with E-state index in [1.807, 2.05) is 42.6 Å². The molecule has 1 aliphatic heterocycles. The number of benzene rings is 1. The predicted octanol–water partition coefficient (Wildman–Crippen LogP) is 2.62. The standard InChI is InChI=1S/C19H24N6O2S2/c1-12-11-14(18(27)24-7-9-28-10-8-24)3-6-16(12)20-17(26)13(2)29-19-21-22-23-25(19)15-4-5-15/h3,6,11,13,15H,4-5,7-10H2,1-2H3,(H,20,26). The Morgan fingerprint density at radius 2 is 2.03 bits per heavy atom. The Hall–Kier alpha value is -2.07. The average Bonchev–Trinajstić information content (AvgIpc) is 3.48. The molecule has 2 amide bonds. The molecule has 1 unspecified atom stereocenters. The molecule has 1 aromatic heterocycles. The maximum Gasteiger partial charge on any atom is 0.253 e. The van der Waals surface area contributed by atoms with Crippen LogP contribution in [0, 0.1) is 6.92 Å². The second-order valence-corrected chi connectivity index (χ2v) is 9.85. The smallest absolute Gasteiger partial charge is 0.253 e. The second-order valence-electron chi connectivity index (χ2n) is 7.32. The highest BCUT2D eigenvalue weighted by Crippen LogP contribution is 2.37. The zero-order valence-electron chi connectivity index (χ0n) is 16.5. The van der Waals surface area contributed by atoms with Crippen LogP contribution in [-0.4, -0.2) is 66.8 Å². The van der Waals surface area contributed by atoms with Gasteiger partial charge in [0.25, 0.3) is 5.91 Å². The minimum atomic E-state index is -0.343. The molecule has 0 spiro atoms. The Kier molecular flexibility index (Phi) is 6.09. The first kappa shape index (κ1) is 20.2. The number of hydrogen-bond acceptors (Lipinski definition) is 7. The summed E-state index contributed by atoms with van der Waals surface area (Å²) in [7, 11) is 0. The summed E-state index contributed by atoms with van der Waals surface area (Å²) < 4.78 is 1.80. The van der Waals surface area contributed by atoms with Crippen LogP contribution in [0.5, 0.6) is 0 Å². The van der Waals surface area contributed by atoms with E-state index < -0.39 is 0 Å². The van der Waals surface area contributed by atoms with Gasteiger partial charge in [-0.15, -0.1) is 5.10 Å². The summed E-state index contributed by atoms with van der Waals surface area (Å²) in [4.78, 5) is 27.2. The van der Waals surface area contributed by atoms with Crippen LogP contribution < -0.4 is 5.32 Å². The number of aryl methyl sites for hydroxylation is 1. The Bertz CT molecular complexity index is 908. The van der Waals surface area contributed by atoms with E-state index in [9.17, 15) is 9.59 Å². The summed E-state index contributed by atoms with van der Waals surface area (Å²) in [6, 6.07) is 5.82. The lowest BCUT2D eigenvalue weighted by Gasteiger charge is -2.26. The monoisotopic (exact) mass is 432 g/mol. The van der Waals surface area contributed by atoms with E-state index in [0.29, 0.717) is 16.8 Å². The average molecular weight is 433 g/mol. The van der Waals surface area contributed by atoms with Gasteiger partial charge in [0.2, 0.25) is 11.1 Å². The minimum absolute atomic E-state index is 0.0575. The van der Waals surface area contributed by atoms with E-state index in [4.69, 9.17) is 0 Å². The number of nitrogens with one attached hydrogen (secondary N) is 1. The highest BCUT2D eigenvalue weighted by atomic mass is 32.2. The van der Waals surface area contributed by atoms with Gasteiger partial charge in [-0.25, -0.2) is 4.68 Å². The van der Waals surface area contributed by atoms with Crippen LogP contribution in [0.1, 0.15) is 41.7 Å². The molecular formula is C19H24N6O2S2. The quantitative estimate of drug-likeness (QED) is 0.702. The van der Waals surface area contributed by atoms with Gasteiger partial charge in [-0.05, 0) is 60.9 Å². The Labute approximate surface area is 178 Å². The van der Waals surface area contributed by atoms with Crippen molar-refractivity contribution in [1.82, 2.24) is 25.1 Å². The van der Waals surface area contributed by atoms with Crippen molar-refractivity contribution in [2.24, 2.45) is 0 Å². The maximum absolute atomic E-state index is 12.7. The lowest BCUT2D eigenvalue weighted by Crippen LogP contribution is -2.37. The number of aromatic nitrogens is 4. The van der Waals surface area contributed by atoms with Crippen LogP contribution in [0.25, 0.3) is 0 Å². The van der Waals surface area contributed by atoms with Crippen LogP contribution in [0.3, 0.4) is 0 Å². The van der Waals surface area contributed by atoms with E-state index >= 15 is 0 Å². The zero-order chi connectivity index (χ0) is 20.4. The summed E-state index contributed by atoms with van der Waals surface area (Å²) in [6.45, 7) is 5.32. The molecule has 10 heteroatoms. The molecule has 1 saturated carbocycles. The number of carbonyl (C=O) groups is 2. The Morgan fingerprint density at radius 1 is 1.28 bits per heavy atom. The highest BCUT2D eigenvalue weighted by molar-refractivity contribution is 8.00. The third-order valence-electron chi connectivity index (χ3n) is 5.04. The maximum atomic E-state index is 12.7. The topological polar surface area (TPSA) is 93.0 Å². The van der Waals surface area contributed by atoms with Crippen LogP contribution >= 0.6 is 23.5 Å². The van der Waals surface area contributed by atoms with Gasteiger partial charge in [0.1, 0.15) is 0 Å². The molecule has 2 aromatic rings. The molecule has 1 aliphatic carbocycles. The Morgan fingerprint density at radius 3 is 2.72 bits per heavy atom. The molecule has 1 atom stereocenters. The summed E-state index contributed by atoms with van der Waals surface area (Å²) in [5.41, 5.74) is 2.25. The largest absolute Gasteiger partial charge is 0.337 e. The molecule has 0 bridgehead atoms. The van der Waals surface area contributed by atoms with E-state index in [1.165, 1.54) is 11.8 Å². The van der Waals surface area contributed by atoms with Gasteiger partial charge in [0.15, 0.2) is 0 Å². The van der Waals surface area contributed by atoms with Gasteiger partial charge >= 0.3 is 0 Å². The number of tetrazole rings is 1. The van der Waals surface area contributed by atoms with Crippen molar-refractivity contribution in [3.8, 4) is 0 Å². The number of anilines is 1. The SMILES string of the molecule is Cc1cc(C(=O)N2CCSCC2)ccc1NC(=O)C(C)Sc1nnnn1C1CC1. The fourth-order valence-corrected chi connectivity index (χ4v) is 4.91. The third kappa shape index (κ3) is 4.75. The van der Waals surface area contributed by atoms with Crippen LogP contribution in [0.2, 0.25) is 0 Å². The first-order chi connectivity index (χ1) is 14.0. The van der Waals surface area contributed by atoms with Crippen molar-refractivity contribution < 1.29 is 9.59 Å². The van der Waals surface area contributed by atoms with Crippen LogP contribution in [0.15, 0.2) is 23.4 Å². The van der Waals surface area contributed by atoms with Gasteiger partial charge < -0.3 is 10.2 Å². The number of carbonyl (C=O) groups excluding carboxylic acids is 2. The van der Waals surface area contributed by atoms with Gasteiger partial charge in [0.05, 0.1) is 11.3 Å². The summed E-state index contributed by atoms with van der Waals surface area (Å²) >= 11 is 3.23. The normalized spacial score (nSPS) is 17.8. The van der Waals surface area contributed by atoms with Gasteiger partial charge in [0, 0.05) is 35.8 Å². The Balaban J connectivity index is 1.38. The molecule has 2 fully saturated rings. The predicted molar refractivity (Wildman–Crippen MR) is 114 cm³/mol. The number of nitrogens with zero attached hydrogens (tertiary/aromatic N) is 5. The van der Waals surface area contributed by atoms with Crippen molar-refractivity contribution in [2.45, 2.75) is 43.1 Å². The minimum Gasteiger partial charge on any atom is -0.337 e. The zero-order valence-corrected chi connectivity index (χ0v) is 18.1. The van der Waals surface area contributed by atoms with Crippen LogP contribution in [-0.2, 0) is 4.79 Å². The second kappa shape index (κ2) is 8.74. The fourth-order valence-electron chi connectivity index (χ4n) is 3.14. The van der Waals surface area contributed by atoms with Crippen molar-refractivity contribution in [1.29, 1.82) is 0 Å². The number of amides is 2. The van der Waals surface area contributed by atoms with Crippen LogP contribution in [0.4, 0.5) is 5.69 Å². The van der Waals surface area contributed by atoms with Crippen molar-refractivity contribution in [3.63, 3.8) is 0 Å². The van der Waals surface area contributed by atoms with Gasteiger partial charge in [-0.3, -0.25) is 9.59 Å². The first-order valence-electron chi connectivity index (χ1n) is 9.76. The third-order valence-corrected chi connectivity index (χ3v) is 7.03. The molecule has 2 aliphatic rings.